The van der Waals surface area contributed by atoms with Gasteiger partial charge in [-0.05, 0) is 112 Å². The van der Waals surface area contributed by atoms with Crippen LogP contribution in [0.2, 0.25) is 0 Å². The Balaban J connectivity index is 1.19. The maximum absolute atomic E-state index is 15.8. The molecule has 5 heterocycles. The summed E-state index contributed by atoms with van der Waals surface area (Å²) in [6.45, 7) is 5.69. The maximum Gasteiger partial charge on any atom is 0.303 e. The molecular formula is C89H125N19O22S. The number of nitrogens with two attached hydrogens (primary N) is 3. The number of carbonyl (C=O) groups is 18. The zero-order valence-electron chi connectivity index (χ0n) is 75.0. The largest absolute Gasteiger partial charge is 0.508 e. The van der Waals surface area contributed by atoms with E-state index in [1.165, 1.54) is 52.3 Å². The lowest BCUT2D eigenvalue weighted by molar-refractivity contribution is -0.149. The molecule has 3 aliphatic heterocycles. The number of H-pyrrole nitrogens is 2. The average molecular weight is 1850 g/mol. The van der Waals surface area contributed by atoms with Crippen molar-refractivity contribution in [1.29, 1.82) is 0 Å². The lowest BCUT2D eigenvalue weighted by atomic mass is 9.90. The molecule has 2 aromatic heterocycles. The first-order valence-corrected chi connectivity index (χ1v) is 45.3. The normalized spacial score (nSPS) is 25.3. The molecule has 15 atom stereocenters. The summed E-state index contributed by atoms with van der Waals surface area (Å²) in [5, 5.41) is 66.9. The van der Waals surface area contributed by atoms with Crippen molar-refractivity contribution in [2.45, 2.75) is 235 Å². The number of benzene rings is 3. The van der Waals surface area contributed by atoms with Gasteiger partial charge < -0.3 is 120 Å². The third-order valence-electron chi connectivity index (χ3n) is 23.8. The second-order valence-electron chi connectivity index (χ2n) is 34.0. The molecule has 41 nitrogen and oxygen atoms in total. The molecule has 3 fully saturated rings. The summed E-state index contributed by atoms with van der Waals surface area (Å²) in [6.07, 6.45) is -0.681. The molecule has 16 amide bonds. The van der Waals surface area contributed by atoms with Crippen molar-refractivity contribution in [3.8, 4) is 5.75 Å². The first kappa shape index (κ1) is 104. The lowest BCUT2D eigenvalue weighted by Gasteiger charge is -2.36. The number of phenolic OH excluding ortho intramolecular Hbond substituents is 1. The van der Waals surface area contributed by atoms with Crippen LogP contribution in [0.3, 0.4) is 0 Å². The summed E-state index contributed by atoms with van der Waals surface area (Å²) in [5.74, 6) is -20.6. The number of hydrogen-bond acceptors (Lipinski definition) is 23. The number of phenols is 1. The number of Topliss-reactive ketones (excluding diaryl/α,β-unsaturated/α-hetero) is 1. The fraction of sp³-hybridized carbons (Fsp3) is 0.551. The van der Waals surface area contributed by atoms with Gasteiger partial charge in [0.05, 0.1) is 37.5 Å². The number of rotatable bonds is 25. The summed E-state index contributed by atoms with van der Waals surface area (Å²) in [7, 11) is 3.84. The molecule has 0 bridgehead atoms. The van der Waals surface area contributed by atoms with Crippen molar-refractivity contribution in [2.75, 3.05) is 65.4 Å². The number of nitrogens with one attached hydrogen (secondary N) is 11. The number of primary amides is 2. The number of aromatic hydroxyl groups is 1. The molecule has 0 spiro atoms. The average Bonchev–Trinajstić information content (AvgIpc) is 1.50. The SMILES string of the molecule is CCCC[C@H]1C(=O)N(C)[C@@H](CCCC)C(=O)N[C@@H](CCC(=O)O)C(=O)N[C@H](C(=O)NCC(N)=O)CSCC(=O)N[C@@H](Cc2ccc(O)cc2)C(=O)N(C)[C@@H](C)C(=O)N[C@@H](CC(N)=O)C(=O)N2CCC[C@H]2C(=O)N[C@@H](CO)C(=O)N[C@@H](CC(C)C)C(=O)N2C[C@H](O)C[C@H]2C(=O)C[C@@H](Cc2c[nH]c3ccccc23)C(=O)N[C@@H](CCN)C(=O)N[C@@H](Cc2c[nH]c3ccccc23)C(=O)N1C. The Bertz CT molecular complexity index is 4930. The second kappa shape index (κ2) is 49.4. The van der Waals surface area contributed by atoms with Crippen LogP contribution < -0.4 is 65.1 Å². The Labute approximate surface area is 762 Å². The highest BCUT2D eigenvalue weighted by Crippen LogP contribution is 2.30. The van der Waals surface area contributed by atoms with Crippen LogP contribution in [-0.4, -0.2) is 311 Å². The minimum absolute atomic E-state index is 0.0168. The van der Waals surface area contributed by atoms with Gasteiger partial charge in [0.25, 0.3) is 0 Å². The molecule has 0 unspecified atom stereocenters. The van der Waals surface area contributed by atoms with E-state index >= 15 is 33.6 Å². The van der Waals surface area contributed by atoms with Crippen molar-refractivity contribution in [3.63, 3.8) is 0 Å². The molecule has 21 N–H and O–H groups in total. The van der Waals surface area contributed by atoms with E-state index in [9.17, 15) is 73.2 Å². The molecule has 0 radical (unpaired) electrons. The number of carboxylic acid groups (broad SMARTS) is 1. The smallest absolute Gasteiger partial charge is 0.303 e. The third kappa shape index (κ3) is 29.0. The number of aromatic nitrogens is 2. The van der Waals surface area contributed by atoms with E-state index < -0.39 is 254 Å². The van der Waals surface area contributed by atoms with Crippen LogP contribution in [0.5, 0.6) is 5.75 Å². The van der Waals surface area contributed by atoms with Crippen molar-refractivity contribution in [2.24, 2.45) is 29.0 Å². The number of amides is 16. The summed E-state index contributed by atoms with van der Waals surface area (Å²) >= 11 is 0.708. The number of nitrogens with zero attached hydrogens (tertiary/aromatic N) is 5. The number of hydrogen-bond donors (Lipinski definition) is 18. The number of para-hydroxylation sites is 2. The summed E-state index contributed by atoms with van der Waals surface area (Å²) in [6, 6.07) is -0.746. The molecule has 131 heavy (non-hydrogen) atoms. The van der Waals surface area contributed by atoms with E-state index in [0.29, 0.717) is 69.5 Å². The number of unbranched alkanes of at least 4 members (excludes halogenated alkanes) is 2. The molecule has 42 heteroatoms. The Morgan fingerprint density at radius 3 is 1.71 bits per heavy atom. The van der Waals surface area contributed by atoms with Crippen LogP contribution in [-0.2, 0) is 106 Å². The highest BCUT2D eigenvalue weighted by atomic mass is 32.2. The van der Waals surface area contributed by atoms with Gasteiger partial charge in [0, 0.05) is 112 Å². The van der Waals surface area contributed by atoms with Gasteiger partial charge in [-0.3, -0.25) is 86.3 Å². The number of aromatic amines is 2. The number of likely N-dealkylation sites (N-methyl/N-ethyl adjacent to an activating group) is 3. The molecule has 5 aromatic rings. The number of ketones is 1. The van der Waals surface area contributed by atoms with Crippen molar-refractivity contribution >= 4 is 140 Å². The maximum atomic E-state index is 15.8. The predicted octanol–water partition coefficient (Wildman–Crippen LogP) is -1.85. The van der Waals surface area contributed by atoms with Gasteiger partial charge in [0.2, 0.25) is 94.5 Å². The topological polar surface area (TPSA) is 622 Å². The molecular weight excluding hydrogens is 1720 g/mol. The quantitative estimate of drug-likeness (QED) is 0.0305. The van der Waals surface area contributed by atoms with Crippen molar-refractivity contribution in [1.82, 2.24) is 82.3 Å². The van der Waals surface area contributed by atoms with Gasteiger partial charge >= 0.3 is 5.97 Å². The zero-order valence-corrected chi connectivity index (χ0v) is 75.8. The number of fused-ring (bicyclic) bond motifs is 4. The molecule has 3 saturated heterocycles. The van der Waals surface area contributed by atoms with Crippen LogP contribution in [0.15, 0.2) is 85.2 Å². The molecule has 0 saturated carbocycles. The van der Waals surface area contributed by atoms with Crippen LogP contribution >= 0.6 is 11.8 Å². The lowest BCUT2D eigenvalue weighted by Crippen LogP contribution is -2.60. The van der Waals surface area contributed by atoms with Crippen LogP contribution in [0.4, 0.5) is 0 Å². The minimum Gasteiger partial charge on any atom is -0.508 e. The van der Waals surface area contributed by atoms with Crippen LogP contribution in [0, 0.1) is 11.8 Å². The fourth-order valence-corrected chi connectivity index (χ4v) is 17.3. The van der Waals surface area contributed by atoms with E-state index in [0.717, 1.165) is 24.5 Å². The number of carbonyl (C=O) groups excluding carboxylic acids is 17. The number of thioether (sulfide) groups is 1. The Kier molecular flexibility index (Phi) is 39.2. The monoisotopic (exact) mass is 1840 g/mol. The Hall–Kier alpha value is -12.6. The van der Waals surface area contributed by atoms with Crippen LogP contribution in [0.25, 0.3) is 21.8 Å². The van der Waals surface area contributed by atoms with Gasteiger partial charge in [-0.2, -0.15) is 0 Å². The number of aliphatic hydroxyl groups excluding tert-OH is 2. The Morgan fingerprint density at radius 1 is 0.565 bits per heavy atom. The molecule has 0 aliphatic carbocycles. The summed E-state index contributed by atoms with van der Waals surface area (Å²) in [4.78, 5) is 272. The first-order chi connectivity index (χ1) is 62.3. The molecule has 3 aliphatic rings. The standard InChI is InChI=1S/C89H125N19O22S/c1-9-11-22-68-83(124)98-60(29-30-76(116)117)80(121)103-67(79(120)95-43-74(92)114)46-131-47-75(115)96-63(35-50-25-27-54(110)28-26-50)85(126)104(6)49(5)77(118)99-65(40-73(91)113)87(128)107-33-17-24-69(107)84(125)102-66(45-109)82(123)100-62(34-48(3)4)88(129)108-44-55(111)39-71(108)72(112)38-51(36-52-41-93-58-20-15-13-18-56(52)58)78(119)97-61(31-32-90)81(122)101-64(37-53-42-94-59-21-16-14-19-57(53)59)86(127)106(8)70(23-12-10-2)89(130)105(68)7/h13-16,18-21,25-28,41-42,48-49,51,55,60-71,93-94,109-111H,9-12,17,22-24,29-40,43-47,90H2,1-8H3,(H2,91,113)(H2,92,114)(H,95,120)(H,96,115)(H,97,119)(H,98,124)(H,99,118)(H,100,123)(H,101,122)(H,102,125)(H,103,121)(H,116,117)/t49-,51+,55+,60-,61-,62-,63-,64-,65-,66-,67-,68-,69-,70-,71-/m0/s1. The van der Waals surface area contributed by atoms with E-state index in [4.69, 9.17) is 17.2 Å². The highest BCUT2D eigenvalue weighted by Gasteiger charge is 2.47. The third-order valence-corrected chi connectivity index (χ3v) is 24.8. The van der Waals surface area contributed by atoms with Gasteiger partial charge in [0.1, 0.15) is 78.3 Å². The first-order valence-electron chi connectivity index (χ1n) is 44.1. The molecule has 714 valence electrons. The summed E-state index contributed by atoms with van der Waals surface area (Å²) in [5.41, 5.74) is 20.1. The van der Waals surface area contributed by atoms with E-state index in [1.54, 1.807) is 81.7 Å². The predicted molar refractivity (Wildman–Crippen MR) is 480 cm³/mol. The number of aliphatic hydroxyl groups is 2. The van der Waals surface area contributed by atoms with Crippen LogP contribution in [0.1, 0.15) is 148 Å². The second-order valence-corrected chi connectivity index (χ2v) is 35.1. The number of aliphatic carboxylic acids is 1. The zero-order chi connectivity index (χ0) is 96.2. The molecule has 3 aromatic carbocycles. The van der Waals surface area contributed by atoms with E-state index in [-0.39, 0.29) is 95.4 Å². The molecule has 8 rings (SSSR count). The Morgan fingerprint density at radius 2 is 1.11 bits per heavy atom. The van der Waals surface area contributed by atoms with Gasteiger partial charge in [0.15, 0.2) is 5.78 Å². The minimum atomic E-state index is -1.82. The van der Waals surface area contributed by atoms with Gasteiger partial charge in [-0.25, -0.2) is 0 Å². The van der Waals surface area contributed by atoms with E-state index in [2.05, 4.69) is 57.8 Å². The van der Waals surface area contributed by atoms with E-state index in [1.807, 2.05) is 6.92 Å². The van der Waals surface area contributed by atoms with Crippen molar-refractivity contribution in [3.05, 3.63) is 102 Å². The highest BCUT2D eigenvalue weighted by molar-refractivity contribution is 8.00. The fourth-order valence-electron chi connectivity index (χ4n) is 16.4. The summed E-state index contributed by atoms with van der Waals surface area (Å²) < 4.78 is 0. The van der Waals surface area contributed by atoms with Gasteiger partial charge in [-0.1, -0.05) is 102 Å². The van der Waals surface area contributed by atoms with Crippen molar-refractivity contribution < 1.29 is 107 Å². The number of carboxylic acids is 1. The van der Waals surface area contributed by atoms with Gasteiger partial charge in [-0.15, -0.1) is 11.8 Å².